The van der Waals surface area contributed by atoms with E-state index in [9.17, 15) is 0 Å². The van der Waals surface area contributed by atoms with Crippen molar-refractivity contribution in [2.24, 2.45) is 0 Å². The van der Waals surface area contributed by atoms with Gasteiger partial charge in [0.25, 0.3) is 0 Å². The topological polar surface area (TPSA) is 20.2 Å². The monoisotopic (exact) mass is 242 g/mol. The fraction of sp³-hybridized carbons (Fsp3) is 0.294. The number of hydrogen-bond donors (Lipinski definition) is 1. The van der Waals surface area contributed by atoms with Crippen LogP contribution in [0.5, 0.6) is 5.75 Å². The number of hydrogen-bond acceptors (Lipinski definition) is 1. The molecule has 0 aliphatic heterocycles. The number of rotatable bonds is 0. The third-order valence-electron chi connectivity index (χ3n) is 1.08. The molecule has 0 atom stereocenters. The molecule has 0 aromatic heterocycles. The minimum absolute atomic E-state index is 0.322. The van der Waals surface area contributed by atoms with Gasteiger partial charge >= 0.3 is 0 Å². The Labute approximate surface area is 112 Å². The Hall–Kier alpha value is -2.30. The summed E-state index contributed by atoms with van der Waals surface area (Å²) in [6.07, 6.45) is 4.78. The summed E-state index contributed by atoms with van der Waals surface area (Å²) in [5.74, 6) is 12.3. The van der Waals surface area contributed by atoms with E-state index in [1.165, 1.54) is 0 Å². The fourth-order valence-electron chi connectivity index (χ4n) is 0.558. The summed E-state index contributed by atoms with van der Waals surface area (Å²) in [6.45, 7) is 9.71. The molecule has 0 radical (unpaired) electrons. The first-order chi connectivity index (χ1) is 8.81. The summed E-state index contributed by atoms with van der Waals surface area (Å²) in [5, 5.41) is 8.63. The highest BCUT2D eigenvalue weighted by molar-refractivity contribution is 5.33. The second-order valence-electron chi connectivity index (χ2n) is 2.10. The van der Waals surface area contributed by atoms with Crippen LogP contribution in [-0.2, 0) is 0 Å². The Bertz CT molecular complexity index is 402. The van der Waals surface area contributed by atoms with E-state index < -0.39 is 0 Å². The Morgan fingerprint density at radius 2 is 1.39 bits per heavy atom. The van der Waals surface area contributed by atoms with Gasteiger partial charge in [0.2, 0.25) is 0 Å². The van der Waals surface area contributed by atoms with Crippen LogP contribution in [0.1, 0.15) is 34.6 Å². The van der Waals surface area contributed by atoms with Gasteiger partial charge < -0.3 is 5.11 Å². The molecule has 0 aliphatic rings. The van der Waals surface area contributed by atoms with Gasteiger partial charge in [0.1, 0.15) is 5.75 Å². The van der Waals surface area contributed by atoms with E-state index >= 15 is 0 Å². The van der Waals surface area contributed by atoms with E-state index in [0.29, 0.717) is 5.75 Å². The van der Waals surface area contributed by atoms with Crippen molar-refractivity contribution in [3.8, 4) is 41.8 Å². The predicted molar refractivity (Wildman–Crippen MR) is 80.9 cm³/mol. The second-order valence-corrected chi connectivity index (χ2v) is 2.10. The average molecular weight is 242 g/mol. The molecule has 1 nitrogen and oxygen atoms in total. The number of para-hydroxylation sites is 1. The van der Waals surface area contributed by atoms with E-state index in [1.807, 2.05) is 33.8 Å². The van der Waals surface area contributed by atoms with Gasteiger partial charge in [0, 0.05) is 0 Å². The lowest BCUT2D eigenvalue weighted by molar-refractivity contribution is 0.475. The summed E-state index contributed by atoms with van der Waals surface area (Å²) in [6, 6.07) is 8.71. The first-order valence-corrected chi connectivity index (χ1v) is 5.92. The Morgan fingerprint density at radius 1 is 0.889 bits per heavy atom. The van der Waals surface area contributed by atoms with Gasteiger partial charge in [0.15, 0.2) is 0 Å². The van der Waals surface area contributed by atoms with Gasteiger partial charge in [-0.3, -0.25) is 0 Å². The highest BCUT2D eigenvalue weighted by Gasteiger charge is 1.74. The summed E-state index contributed by atoms with van der Waals surface area (Å²) in [5.41, 5.74) is 0. The molecule has 0 unspecified atom stereocenters. The van der Waals surface area contributed by atoms with Crippen molar-refractivity contribution in [3.05, 3.63) is 30.3 Å². The predicted octanol–water partition coefficient (Wildman–Crippen LogP) is 4.09. The smallest absolute Gasteiger partial charge is 0.115 e. The van der Waals surface area contributed by atoms with Crippen molar-refractivity contribution >= 4 is 0 Å². The molecule has 96 valence electrons. The van der Waals surface area contributed by atoms with Crippen LogP contribution >= 0.6 is 0 Å². The van der Waals surface area contributed by atoms with Gasteiger partial charge in [-0.25, -0.2) is 0 Å². The molecule has 0 saturated carbocycles. The van der Waals surface area contributed by atoms with Gasteiger partial charge in [-0.05, 0) is 42.7 Å². The van der Waals surface area contributed by atoms with Crippen LogP contribution in [0.3, 0.4) is 0 Å². The minimum atomic E-state index is 0.322. The molecule has 1 aromatic carbocycles. The molecule has 0 aliphatic carbocycles. The SMILES string of the molecule is C#CC#CC#CC.CC.CC.Oc1ccccc1. The van der Waals surface area contributed by atoms with E-state index in [-0.39, 0.29) is 0 Å². The van der Waals surface area contributed by atoms with Crippen LogP contribution in [0, 0.1) is 36.0 Å². The molecular formula is C17H22O. The van der Waals surface area contributed by atoms with Crippen LogP contribution in [0.2, 0.25) is 0 Å². The van der Waals surface area contributed by atoms with Crippen molar-refractivity contribution < 1.29 is 5.11 Å². The first kappa shape index (κ1) is 21.0. The van der Waals surface area contributed by atoms with Gasteiger partial charge in [0.05, 0.1) is 0 Å². The Kier molecular flexibility index (Phi) is 28.2. The number of phenolic OH excluding ortho intramolecular Hbond substituents is 1. The maximum Gasteiger partial charge on any atom is 0.115 e. The molecule has 1 aromatic rings. The van der Waals surface area contributed by atoms with Crippen LogP contribution in [0.25, 0.3) is 0 Å². The Morgan fingerprint density at radius 3 is 1.67 bits per heavy atom. The molecule has 1 heteroatoms. The minimum Gasteiger partial charge on any atom is -0.508 e. The van der Waals surface area contributed by atoms with Gasteiger partial charge in [-0.1, -0.05) is 51.8 Å². The number of terminal acetylenes is 1. The number of aromatic hydroxyl groups is 1. The molecule has 0 amide bonds. The van der Waals surface area contributed by atoms with E-state index in [4.69, 9.17) is 11.5 Å². The summed E-state index contributed by atoms with van der Waals surface area (Å²) in [7, 11) is 0. The summed E-state index contributed by atoms with van der Waals surface area (Å²) in [4.78, 5) is 0. The lowest BCUT2D eigenvalue weighted by atomic mass is 10.3. The maximum atomic E-state index is 8.63. The molecule has 1 rings (SSSR count). The largest absolute Gasteiger partial charge is 0.508 e. The highest BCUT2D eigenvalue weighted by Crippen LogP contribution is 2.02. The zero-order valence-corrected chi connectivity index (χ0v) is 11.9. The van der Waals surface area contributed by atoms with E-state index in [1.54, 1.807) is 31.2 Å². The van der Waals surface area contributed by atoms with Crippen LogP contribution < -0.4 is 0 Å². The Balaban J connectivity index is -0.000000196. The molecule has 18 heavy (non-hydrogen) atoms. The van der Waals surface area contributed by atoms with E-state index in [2.05, 4.69) is 29.6 Å². The standard InChI is InChI=1S/C7H4.C6H6O.2C2H6/c1-3-5-7-6-4-2;7-6-4-2-1-3-5-6;2*1-2/h1H,2H3;1-5,7H;2*1-2H3. The second kappa shape index (κ2) is 24.1. The molecule has 0 fully saturated rings. The van der Waals surface area contributed by atoms with Crippen molar-refractivity contribution in [2.75, 3.05) is 0 Å². The van der Waals surface area contributed by atoms with Gasteiger partial charge in [-0.15, -0.1) is 6.42 Å². The molecule has 0 saturated heterocycles. The molecular weight excluding hydrogens is 220 g/mol. The number of phenols is 1. The normalized spacial score (nSPS) is 5.33. The molecule has 0 bridgehead atoms. The fourth-order valence-corrected chi connectivity index (χ4v) is 0.558. The van der Waals surface area contributed by atoms with Gasteiger partial charge in [-0.2, -0.15) is 0 Å². The van der Waals surface area contributed by atoms with Crippen molar-refractivity contribution in [1.29, 1.82) is 0 Å². The van der Waals surface area contributed by atoms with Crippen molar-refractivity contribution in [1.82, 2.24) is 0 Å². The van der Waals surface area contributed by atoms with Crippen molar-refractivity contribution in [2.45, 2.75) is 34.6 Å². The maximum absolute atomic E-state index is 8.63. The third kappa shape index (κ3) is 23.5. The van der Waals surface area contributed by atoms with Crippen LogP contribution in [0.4, 0.5) is 0 Å². The molecule has 0 spiro atoms. The lowest BCUT2D eigenvalue weighted by Gasteiger charge is -1.82. The van der Waals surface area contributed by atoms with Crippen LogP contribution in [-0.4, -0.2) is 5.11 Å². The quantitative estimate of drug-likeness (QED) is 0.679. The summed E-state index contributed by atoms with van der Waals surface area (Å²) >= 11 is 0. The zero-order chi connectivity index (χ0) is 14.6. The first-order valence-electron chi connectivity index (χ1n) is 5.92. The average Bonchev–Trinajstić information content (AvgIpc) is 2.45. The van der Waals surface area contributed by atoms with Crippen molar-refractivity contribution in [3.63, 3.8) is 0 Å². The molecule has 1 N–H and O–H groups in total. The number of benzene rings is 1. The zero-order valence-electron chi connectivity index (χ0n) is 11.9. The lowest BCUT2D eigenvalue weighted by Crippen LogP contribution is -1.56. The van der Waals surface area contributed by atoms with Crippen LogP contribution in [0.15, 0.2) is 30.3 Å². The molecule has 0 heterocycles. The summed E-state index contributed by atoms with van der Waals surface area (Å²) < 4.78 is 0. The third-order valence-corrected chi connectivity index (χ3v) is 1.08. The highest BCUT2D eigenvalue weighted by atomic mass is 16.3. The van der Waals surface area contributed by atoms with E-state index in [0.717, 1.165) is 0 Å².